The van der Waals surface area contributed by atoms with Crippen molar-refractivity contribution < 1.29 is 40.4 Å². The van der Waals surface area contributed by atoms with Gasteiger partial charge in [-0.15, -0.1) is 0 Å². The molecule has 0 amide bonds. The summed E-state index contributed by atoms with van der Waals surface area (Å²) >= 11 is 0. The maximum atomic E-state index is 12.1. The molecule has 3 N–H and O–H groups in total. The van der Waals surface area contributed by atoms with Gasteiger partial charge in [-0.05, 0) is 90.1 Å². The zero-order valence-corrected chi connectivity index (χ0v) is 29.9. The van der Waals surface area contributed by atoms with Gasteiger partial charge in [0.2, 0.25) is 5.69 Å². The van der Waals surface area contributed by atoms with Gasteiger partial charge < -0.3 is 10.0 Å². The molecule has 0 bridgehead atoms. The van der Waals surface area contributed by atoms with E-state index >= 15 is 0 Å². The molecule has 2 aromatic carbocycles. The Bertz CT molecular complexity index is 1910. The van der Waals surface area contributed by atoms with Crippen LogP contribution >= 0.6 is 0 Å². The van der Waals surface area contributed by atoms with Crippen molar-refractivity contribution in [3.8, 4) is 0 Å². The van der Waals surface area contributed by atoms with Crippen molar-refractivity contribution in [2.45, 2.75) is 88.9 Å². The van der Waals surface area contributed by atoms with Crippen LogP contribution in [0.15, 0.2) is 77.4 Å². The zero-order chi connectivity index (χ0) is 35.5. The van der Waals surface area contributed by atoms with E-state index in [1.165, 1.54) is 34.7 Å². The SMILES string of the molecule is CC[N+]1=C(/C=C/C=C/C=C2/N(CCCCS(=O)(=O)O)c3cc(S(=O)(=O)O)ccc3C2(C)CCCCC(=O)O)C(C)(C)c2cc(C)ccc21. The number of carboxylic acids is 1. The van der Waals surface area contributed by atoms with E-state index in [0.717, 1.165) is 17.8 Å². The number of carbonyl (C=O) groups is 1. The summed E-state index contributed by atoms with van der Waals surface area (Å²) in [6.07, 6.45) is 12.2. The van der Waals surface area contributed by atoms with E-state index in [-0.39, 0.29) is 23.2 Å². The third-order valence-corrected chi connectivity index (χ3v) is 11.1. The molecule has 12 heteroatoms. The minimum Gasteiger partial charge on any atom is -0.481 e. The van der Waals surface area contributed by atoms with Gasteiger partial charge in [0.1, 0.15) is 6.54 Å². The molecule has 48 heavy (non-hydrogen) atoms. The van der Waals surface area contributed by atoms with E-state index in [0.29, 0.717) is 37.9 Å². The van der Waals surface area contributed by atoms with Crippen LogP contribution in [-0.2, 0) is 35.9 Å². The molecular weight excluding hydrogens is 653 g/mol. The van der Waals surface area contributed by atoms with Crippen LogP contribution in [0.25, 0.3) is 0 Å². The highest BCUT2D eigenvalue weighted by Gasteiger charge is 2.44. The molecule has 10 nitrogen and oxygen atoms in total. The number of fused-ring (bicyclic) bond motifs is 2. The van der Waals surface area contributed by atoms with Crippen LogP contribution in [0.2, 0.25) is 0 Å². The standard InChI is InChI=1S/C36H46N2O8S2/c1-6-37-30-20-17-26(2)24-29(30)35(3,4)32(37)14-8-7-9-15-33-36(5,21-11-10-16-34(39)40)28-19-18-27(48(44,45)46)25-31(28)38(33)22-12-13-23-47(41,42)43/h7-9,14-15,17-20,24-25H,6,10-13,16,21-23H2,1-5H3,(H2-,39,40,41,42,43,44,45,46)/p+1. The Labute approximate surface area is 284 Å². The summed E-state index contributed by atoms with van der Waals surface area (Å²) in [6, 6.07) is 11.0. The normalized spacial score (nSPS) is 20.0. The lowest BCUT2D eigenvalue weighted by molar-refractivity contribution is -0.433. The molecule has 260 valence electrons. The van der Waals surface area contributed by atoms with E-state index in [1.54, 1.807) is 6.07 Å². The topological polar surface area (TPSA) is 152 Å². The Kier molecular flexibility index (Phi) is 11.2. The number of anilines is 1. The first-order chi connectivity index (χ1) is 22.4. The third-order valence-electron chi connectivity index (χ3n) is 9.45. The van der Waals surface area contributed by atoms with Gasteiger partial charge in [-0.2, -0.15) is 21.4 Å². The number of hydrogen-bond donors (Lipinski definition) is 3. The van der Waals surface area contributed by atoms with Crippen molar-refractivity contribution in [1.29, 1.82) is 0 Å². The number of hydrogen-bond acceptors (Lipinski definition) is 6. The molecule has 1 unspecified atom stereocenters. The Balaban J connectivity index is 1.72. The van der Waals surface area contributed by atoms with Crippen molar-refractivity contribution >= 4 is 43.3 Å². The number of allylic oxidation sites excluding steroid dienone is 6. The Morgan fingerprint density at radius 3 is 2.29 bits per heavy atom. The molecule has 2 aliphatic rings. The van der Waals surface area contributed by atoms with Gasteiger partial charge >= 0.3 is 5.97 Å². The maximum Gasteiger partial charge on any atom is 0.303 e. The van der Waals surface area contributed by atoms with Crippen LogP contribution in [0.1, 0.15) is 82.9 Å². The van der Waals surface area contributed by atoms with Gasteiger partial charge in [-0.3, -0.25) is 13.9 Å². The van der Waals surface area contributed by atoms with E-state index in [4.69, 9.17) is 0 Å². The summed E-state index contributed by atoms with van der Waals surface area (Å²) in [6.45, 7) is 11.8. The smallest absolute Gasteiger partial charge is 0.303 e. The first-order valence-corrected chi connectivity index (χ1v) is 19.3. The fourth-order valence-electron chi connectivity index (χ4n) is 7.00. The number of rotatable bonds is 15. The molecule has 1 atom stereocenters. The highest BCUT2D eigenvalue weighted by Crippen LogP contribution is 2.51. The fourth-order valence-corrected chi connectivity index (χ4v) is 8.07. The monoisotopic (exact) mass is 699 g/mol. The maximum absolute atomic E-state index is 12.1. The molecule has 0 aliphatic carbocycles. The minimum absolute atomic E-state index is 0.0289. The zero-order valence-electron chi connectivity index (χ0n) is 28.3. The molecule has 0 saturated heterocycles. The van der Waals surface area contributed by atoms with Gasteiger partial charge in [0.05, 0.1) is 16.1 Å². The van der Waals surface area contributed by atoms with E-state index in [1.807, 2.05) is 36.1 Å². The van der Waals surface area contributed by atoms with Crippen LogP contribution in [-0.4, -0.2) is 66.1 Å². The molecule has 0 spiro atoms. The summed E-state index contributed by atoms with van der Waals surface area (Å²) in [5.74, 6) is -1.28. The Morgan fingerprint density at radius 2 is 1.65 bits per heavy atom. The van der Waals surface area contributed by atoms with Gasteiger partial charge in [0.15, 0.2) is 5.71 Å². The second kappa shape index (κ2) is 14.5. The predicted molar refractivity (Wildman–Crippen MR) is 189 cm³/mol. The predicted octanol–water partition coefficient (Wildman–Crippen LogP) is 6.73. The van der Waals surface area contributed by atoms with Crippen molar-refractivity contribution in [2.24, 2.45) is 0 Å². The lowest BCUT2D eigenvalue weighted by Crippen LogP contribution is -2.29. The lowest BCUT2D eigenvalue weighted by Gasteiger charge is -2.30. The van der Waals surface area contributed by atoms with Crippen LogP contribution in [0.3, 0.4) is 0 Å². The minimum atomic E-state index is -4.50. The third kappa shape index (κ3) is 8.16. The van der Waals surface area contributed by atoms with Crippen molar-refractivity contribution in [1.82, 2.24) is 0 Å². The number of carboxylic acid groups (broad SMARTS) is 1. The van der Waals surface area contributed by atoms with E-state index < -0.39 is 37.4 Å². The summed E-state index contributed by atoms with van der Waals surface area (Å²) in [5.41, 5.74) is 6.29. The fraction of sp³-hybridized carbons (Fsp3) is 0.444. The van der Waals surface area contributed by atoms with Gasteiger partial charge in [0.25, 0.3) is 20.2 Å². The van der Waals surface area contributed by atoms with Crippen molar-refractivity contribution in [3.63, 3.8) is 0 Å². The van der Waals surface area contributed by atoms with Gasteiger partial charge in [0, 0.05) is 47.5 Å². The summed E-state index contributed by atoms with van der Waals surface area (Å²) < 4.78 is 68.4. The average Bonchev–Trinajstić information content (AvgIpc) is 3.35. The summed E-state index contributed by atoms with van der Waals surface area (Å²) in [7, 11) is -8.65. The molecule has 2 aromatic rings. The molecular formula is C36H47N2O8S2+. The Morgan fingerprint density at radius 1 is 0.917 bits per heavy atom. The molecule has 2 aliphatic heterocycles. The highest BCUT2D eigenvalue weighted by molar-refractivity contribution is 7.86. The summed E-state index contributed by atoms with van der Waals surface area (Å²) in [5, 5.41) is 9.20. The quantitative estimate of drug-likeness (QED) is 0.0796. The number of aryl methyl sites for hydroxylation is 1. The molecule has 0 aromatic heterocycles. The second-order valence-corrected chi connectivity index (χ2v) is 16.3. The largest absolute Gasteiger partial charge is 0.481 e. The number of nitrogens with zero attached hydrogens (tertiary/aromatic N) is 2. The number of aliphatic carboxylic acids is 1. The molecule has 4 rings (SSSR count). The van der Waals surface area contributed by atoms with E-state index in [2.05, 4.69) is 56.5 Å². The molecule has 0 radical (unpaired) electrons. The summed E-state index contributed by atoms with van der Waals surface area (Å²) in [4.78, 5) is 12.9. The first kappa shape index (κ1) is 37.2. The van der Waals surface area contributed by atoms with E-state index in [9.17, 15) is 35.8 Å². The highest BCUT2D eigenvalue weighted by atomic mass is 32.2. The van der Waals surface area contributed by atoms with Crippen LogP contribution in [0.5, 0.6) is 0 Å². The lowest BCUT2D eigenvalue weighted by atomic mass is 9.77. The van der Waals surface area contributed by atoms with Gasteiger partial charge in [-0.1, -0.05) is 42.3 Å². The van der Waals surface area contributed by atoms with Crippen LogP contribution in [0, 0.1) is 6.92 Å². The second-order valence-electron chi connectivity index (χ2n) is 13.3. The number of benzene rings is 2. The van der Waals surface area contributed by atoms with Crippen LogP contribution < -0.4 is 4.90 Å². The molecule has 2 heterocycles. The van der Waals surface area contributed by atoms with Crippen molar-refractivity contribution in [3.05, 3.63) is 89.2 Å². The number of unbranched alkanes of at least 4 members (excludes halogenated alkanes) is 2. The van der Waals surface area contributed by atoms with Crippen molar-refractivity contribution in [2.75, 3.05) is 23.7 Å². The van der Waals surface area contributed by atoms with Crippen LogP contribution in [0.4, 0.5) is 11.4 Å². The Hall–Kier alpha value is -3.58. The molecule has 0 saturated carbocycles. The first-order valence-electron chi connectivity index (χ1n) is 16.3. The van der Waals surface area contributed by atoms with Gasteiger partial charge in [-0.25, -0.2) is 0 Å². The molecule has 0 fully saturated rings. The average molecular weight is 700 g/mol.